The van der Waals surface area contributed by atoms with Gasteiger partial charge in [0.05, 0.1) is 5.69 Å². The molecule has 2 unspecified atom stereocenters. The minimum absolute atomic E-state index is 0.0754. The second kappa shape index (κ2) is 9.91. The quantitative estimate of drug-likeness (QED) is 0.526. The van der Waals surface area contributed by atoms with Crippen LogP contribution in [0.4, 0.5) is 0 Å². The third kappa shape index (κ3) is 6.51. The molecule has 152 valence electrons. The zero-order chi connectivity index (χ0) is 20.8. The van der Waals surface area contributed by atoms with Gasteiger partial charge in [-0.3, -0.25) is 9.59 Å². The first-order chi connectivity index (χ1) is 13.2. The fraction of sp³-hybridized carbons (Fsp3) is 0.421. The van der Waals surface area contributed by atoms with Crippen molar-refractivity contribution in [2.75, 3.05) is 6.54 Å². The first-order valence-corrected chi connectivity index (χ1v) is 9.49. The number of carboxylic acid groups (broad SMARTS) is 2. The highest BCUT2D eigenvalue weighted by atomic mass is 35.5. The van der Waals surface area contributed by atoms with Gasteiger partial charge in [-0.25, -0.2) is 4.98 Å². The van der Waals surface area contributed by atoms with Gasteiger partial charge in [0.2, 0.25) is 0 Å². The lowest BCUT2D eigenvalue weighted by atomic mass is 10.0. The molecule has 7 nitrogen and oxygen atoms in total. The van der Waals surface area contributed by atoms with Crippen LogP contribution in [0.2, 0.25) is 10.0 Å². The Balaban J connectivity index is 2.10. The predicted octanol–water partition coefficient (Wildman–Crippen LogP) is 3.83. The molecule has 1 heterocycles. The second-order valence-electron chi connectivity index (χ2n) is 6.94. The van der Waals surface area contributed by atoms with Gasteiger partial charge in [-0.2, -0.15) is 0 Å². The minimum Gasteiger partial charge on any atom is -0.481 e. The summed E-state index contributed by atoms with van der Waals surface area (Å²) in [6, 6.07) is 4.21. The van der Waals surface area contributed by atoms with E-state index in [4.69, 9.17) is 27.6 Å². The molecular formula is C19H22Cl2N2O5. The number of carboxylic acids is 2. The molecule has 1 aromatic carbocycles. The Morgan fingerprint density at radius 2 is 1.79 bits per heavy atom. The van der Waals surface area contributed by atoms with Crippen LogP contribution in [0, 0.1) is 5.92 Å². The van der Waals surface area contributed by atoms with Crippen LogP contribution in [0.3, 0.4) is 0 Å². The van der Waals surface area contributed by atoms with Crippen molar-refractivity contribution in [1.82, 2.24) is 10.3 Å². The highest BCUT2D eigenvalue weighted by Gasteiger charge is 2.27. The van der Waals surface area contributed by atoms with E-state index in [1.807, 2.05) is 13.8 Å². The first kappa shape index (κ1) is 22.2. The van der Waals surface area contributed by atoms with Gasteiger partial charge in [0.15, 0.2) is 5.89 Å². The number of rotatable bonds is 10. The van der Waals surface area contributed by atoms with E-state index < -0.39 is 23.9 Å². The van der Waals surface area contributed by atoms with Crippen molar-refractivity contribution in [1.29, 1.82) is 0 Å². The number of benzene rings is 1. The van der Waals surface area contributed by atoms with E-state index >= 15 is 0 Å². The molecule has 3 N–H and O–H groups in total. The number of aromatic nitrogens is 1. The molecule has 2 rings (SSSR count). The smallest absolute Gasteiger partial charge is 0.320 e. The number of halogens is 2. The van der Waals surface area contributed by atoms with Crippen molar-refractivity contribution in [2.24, 2.45) is 5.92 Å². The summed E-state index contributed by atoms with van der Waals surface area (Å²) in [6.07, 6.45) is 1.96. The van der Waals surface area contributed by atoms with Gasteiger partial charge in [0.1, 0.15) is 18.2 Å². The van der Waals surface area contributed by atoms with Crippen molar-refractivity contribution in [3.63, 3.8) is 0 Å². The monoisotopic (exact) mass is 428 g/mol. The Bertz CT molecular complexity index is 817. The molecule has 0 aliphatic heterocycles. The number of aliphatic carboxylic acids is 2. The minimum atomic E-state index is -1.12. The third-order valence-corrected chi connectivity index (χ3v) is 4.51. The van der Waals surface area contributed by atoms with Crippen LogP contribution >= 0.6 is 23.2 Å². The molecule has 0 amide bonds. The van der Waals surface area contributed by atoms with Gasteiger partial charge in [-0.1, -0.05) is 37.0 Å². The van der Waals surface area contributed by atoms with Crippen molar-refractivity contribution < 1.29 is 24.2 Å². The SMILES string of the molecule is CC(C)CC(NCC(C(=O)O)c1coc(Cc2cc(Cl)cc(Cl)c2)n1)C(=O)O. The van der Waals surface area contributed by atoms with E-state index in [2.05, 4.69) is 10.3 Å². The average molecular weight is 429 g/mol. The molecule has 0 saturated carbocycles. The average Bonchev–Trinajstić information content (AvgIpc) is 3.00. The zero-order valence-corrected chi connectivity index (χ0v) is 17.0. The van der Waals surface area contributed by atoms with Crippen molar-refractivity contribution >= 4 is 35.1 Å². The maximum absolute atomic E-state index is 11.7. The number of nitrogens with one attached hydrogen (secondary N) is 1. The molecule has 1 aromatic heterocycles. The molecule has 0 aliphatic carbocycles. The van der Waals surface area contributed by atoms with Gasteiger partial charge >= 0.3 is 11.9 Å². The van der Waals surface area contributed by atoms with E-state index in [1.54, 1.807) is 18.2 Å². The number of nitrogens with zero attached hydrogens (tertiary/aromatic N) is 1. The van der Waals surface area contributed by atoms with Crippen molar-refractivity contribution in [2.45, 2.75) is 38.6 Å². The molecule has 2 aromatic rings. The summed E-state index contributed by atoms with van der Waals surface area (Å²) in [5, 5.41) is 22.6. The van der Waals surface area contributed by atoms with E-state index in [1.165, 1.54) is 6.26 Å². The zero-order valence-electron chi connectivity index (χ0n) is 15.5. The third-order valence-electron chi connectivity index (χ3n) is 4.08. The van der Waals surface area contributed by atoms with Crippen LogP contribution in [-0.2, 0) is 16.0 Å². The Hall–Kier alpha value is -2.09. The number of hydrogen-bond donors (Lipinski definition) is 3. The maximum atomic E-state index is 11.7. The highest BCUT2D eigenvalue weighted by molar-refractivity contribution is 6.34. The summed E-state index contributed by atoms with van der Waals surface area (Å²) in [7, 11) is 0. The number of oxazole rings is 1. The highest BCUT2D eigenvalue weighted by Crippen LogP contribution is 2.22. The van der Waals surface area contributed by atoms with Crippen molar-refractivity contribution in [3.05, 3.63) is 51.7 Å². The number of carbonyl (C=O) groups is 2. The predicted molar refractivity (Wildman–Crippen MR) is 105 cm³/mol. The molecular weight excluding hydrogens is 407 g/mol. The second-order valence-corrected chi connectivity index (χ2v) is 7.81. The molecule has 0 saturated heterocycles. The van der Waals surface area contributed by atoms with Gasteiger partial charge in [-0.15, -0.1) is 0 Å². The summed E-state index contributed by atoms with van der Waals surface area (Å²) in [5.41, 5.74) is 0.996. The Kier molecular flexibility index (Phi) is 7.86. The molecule has 9 heteroatoms. The van der Waals surface area contributed by atoms with E-state index in [0.29, 0.717) is 28.8 Å². The van der Waals surface area contributed by atoms with Gasteiger partial charge in [0, 0.05) is 23.0 Å². The topological polar surface area (TPSA) is 113 Å². The molecule has 0 aliphatic rings. The van der Waals surface area contributed by atoms with Crippen LogP contribution in [0.1, 0.15) is 43.3 Å². The normalized spacial score (nSPS) is 13.5. The maximum Gasteiger partial charge on any atom is 0.320 e. The summed E-state index contributed by atoms with van der Waals surface area (Å²) in [6.45, 7) is 3.73. The van der Waals surface area contributed by atoms with Gasteiger partial charge < -0.3 is 19.9 Å². The number of hydrogen-bond acceptors (Lipinski definition) is 5. The first-order valence-electron chi connectivity index (χ1n) is 8.74. The molecule has 0 bridgehead atoms. The van der Waals surface area contributed by atoms with E-state index in [9.17, 15) is 19.8 Å². The van der Waals surface area contributed by atoms with Crippen LogP contribution in [-0.4, -0.2) is 39.7 Å². The standard InChI is InChI=1S/C19H22Cl2N2O5/c1-10(2)3-15(19(26)27)22-8-14(18(24)25)16-9-28-17(23-16)6-11-4-12(20)7-13(21)5-11/h4-5,7,9-10,14-15,22H,3,6,8H2,1-2H3,(H,24,25)(H,26,27). The van der Waals surface area contributed by atoms with Gasteiger partial charge in [-0.05, 0) is 36.1 Å². The van der Waals surface area contributed by atoms with Crippen LogP contribution < -0.4 is 5.32 Å². The van der Waals surface area contributed by atoms with E-state index in [0.717, 1.165) is 5.56 Å². The molecule has 0 fully saturated rings. The lowest BCUT2D eigenvalue weighted by Gasteiger charge is -2.18. The van der Waals surface area contributed by atoms with Crippen LogP contribution in [0.15, 0.2) is 28.9 Å². The molecule has 28 heavy (non-hydrogen) atoms. The van der Waals surface area contributed by atoms with E-state index in [-0.39, 0.29) is 18.2 Å². The fourth-order valence-corrected chi connectivity index (χ4v) is 3.35. The lowest BCUT2D eigenvalue weighted by Crippen LogP contribution is -2.41. The molecule has 2 atom stereocenters. The van der Waals surface area contributed by atoms with Crippen LogP contribution in [0.25, 0.3) is 0 Å². The summed E-state index contributed by atoms with van der Waals surface area (Å²) in [4.78, 5) is 27.3. The summed E-state index contributed by atoms with van der Waals surface area (Å²) in [5.74, 6) is -2.70. The summed E-state index contributed by atoms with van der Waals surface area (Å²) >= 11 is 12.0. The van der Waals surface area contributed by atoms with Gasteiger partial charge in [0.25, 0.3) is 0 Å². The van der Waals surface area contributed by atoms with Crippen LogP contribution in [0.5, 0.6) is 0 Å². The molecule has 0 spiro atoms. The Labute approximate surface area is 172 Å². The largest absolute Gasteiger partial charge is 0.481 e. The fourth-order valence-electron chi connectivity index (χ4n) is 2.78. The molecule has 0 radical (unpaired) electrons. The summed E-state index contributed by atoms with van der Waals surface area (Å²) < 4.78 is 5.39. The lowest BCUT2D eigenvalue weighted by molar-refractivity contribution is -0.142. The Morgan fingerprint density at radius 1 is 1.14 bits per heavy atom. The van der Waals surface area contributed by atoms with Crippen molar-refractivity contribution in [3.8, 4) is 0 Å². The Morgan fingerprint density at radius 3 is 2.32 bits per heavy atom.